The molecule has 0 radical (unpaired) electrons. The number of benzene rings is 2. The van der Waals surface area contributed by atoms with Crippen LogP contribution in [-0.2, 0) is 4.79 Å². The summed E-state index contributed by atoms with van der Waals surface area (Å²) in [5.41, 5.74) is 3.55. The summed E-state index contributed by atoms with van der Waals surface area (Å²) in [7, 11) is 0. The monoisotopic (exact) mass is 360 g/mol. The fourth-order valence-corrected chi connectivity index (χ4v) is 2.00. The Bertz CT molecular complexity index is 712. The number of amides is 1. The van der Waals surface area contributed by atoms with Gasteiger partial charge in [-0.1, -0.05) is 22.0 Å². The van der Waals surface area contributed by atoms with Gasteiger partial charge in [0.25, 0.3) is 0 Å². The van der Waals surface area contributed by atoms with Gasteiger partial charge in [-0.2, -0.15) is 5.10 Å². The lowest BCUT2D eigenvalue weighted by atomic mass is 10.2. The summed E-state index contributed by atoms with van der Waals surface area (Å²) in [6.45, 7) is 1.38. The summed E-state index contributed by atoms with van der Waals surface area (Å²) < 4.78 is 6.09. The van der Waals surface area contributed by atoms with Crippen LogP contribution in [0, 0.1) is 0 Å². The Labute approximate surface area is 136 Å². The number of rotatable bonds is 4. The molecule has 0 saturated carbocycles. The maximum Gasteiger partial charge on any atom is 0.343 e. The molecule has 1 N–H and O–H groups in total. The van der Waals surface area contributed by atoms with E-state index in [0.29, 0.717) is 11.3 Å². The molecule has 0 aliphatic rings. The fraction of sp³-hybridized carbons (Fsp3) is 0.0625. The van der Waals surface area contributed by atoms with E-state index in [1.54, 1.807) is 42.5 Å². The van der Waals surface area contributed by atoms with Gasteiger partial charge in [-0.3, -0.25) is 4.79 Å². The van der Waals surface area contributed by atoms with Crippen molar-refractivity contribution in [1.29, 1.82) is 0 Å². The van der Waals surface area contributed by atoms with E-state index in [4.69, 9.17) is 4.74 Å². The molecule has 0 atom stereocenters. The minimum Gasteiger partial charge on any atom is -0.423 e. The molecule has 0 aromatic heterocycles. The molecular formula is C16H13BrN2O3. The third-order valence-corrected chi connectivity index (χ3v) is 3.08. The highest BCUT2D eigenvalue weighted by Gasteiger charge is 2.08. The van der Waals surface area contributed by atoms with Crippen LogP contribution in [0.5, 0.6) is 5.75 Å². The Morgan fingerprint density at radius 2 is 1.91 bits per heavy atom. The van der Waals surface area contributed by atoms with Crippen LogP contribution < -0.4 is 10.2 Å². The Balaban J connectivity index is 2.00. The van der Waals surface area contributed by atoms with Crippen LogP contribution in [0.25, 0.3) is 0 Å². The standard InChI is InChI=1S/C16H13BrN2O3/c1-11(20)19-18-10-12-5-7-15(8-6-12)22-16(21)13-3-2-4-14(17)9-13/h2-10H,1H3,(H,19,20). The van der Waals surface area contributed by atoms with E-state index in [1.807, 2.05) is 6.07 Å². The second-order valence-corrected chi connectivity index (χ2v) is 5.31. The predicted octanol–water partition coefficient (Wildman–Crippen LogP) is 3.14. The highest BCUT2D eigenvalue weighted by molar-refractivity contribution is 9.10. The Morgan fingerprint density at radius 3 is 2.55 bits per heavy atom. The van der Waals surface area contributed by atoms with Crippen LogP contribution in [0.4, 0.5) is 0 Å². The van der Waals surface area contributed by atoms with E-state index < -0.39 is 5.97 Å². The molecule has 22 heavy (non-hydrogen) atoms. The van der Waals surface area contributed by atoms with Crippen molar-refractivity contribution in [3.05, 3.63) is 64.1 Å². The third-order valence-electron chi connectivity index (χ3n) is 2.59. The van der Waals surface area contributed by atoms with Crippen molar-refractivity contribution in [1.82, 2.24) is 5.43 Å². The average Bonchev–Trinajstić information content (AvgIpc) is 2.48. The molecule has 0 heterocycles. The summed E-state index contributed by atoms with van der Waals surface area (Å²) >= 11 is 3.31. The molecule has 112 valence electrons. The Hall–Kier alpha value is -2.47. The molecule has 2 rings (SSSR count). The van der Waals surface area contributed by atoms with Crippen molar-refractivity contribution in [2.45, 2.75) is 6.92 Å². The van der Waals surface area contributed by atoms with Crippen LogP contribution in [-0.4, -0.2) is 18.1 Å². The number of ether oxygens (including phenoxy) is 1. The molecule has 6 heteroatoms. The number of nitrogens with zero attached hydrogens (tertiary/aromatic N) is 1. The van der Waals surface area contributed by atoms with Crippen molar-refractivity contribution in [3.8, 4) is 5.75 Å². The maximum atomic E-state index is 12.0. The number of carbonyl (C=O) groups is 2. The maximum absolute atomic E-state index is 12.0. The lowest BCUT2D eigenvalue weighted by molar-refractivity contribution is -0.118. The SMILES string of the molecule is CC(=O)NN=Cc1ccc(OC(=O)c2cccc(Br)c2)cc1. The quantitative estimate of drug-likeness (QED) is 0.394. The van der Waals surface area contributed by atoms with Gasteiger partial charge in [0.2, 0.25) is 5.91 Å². The Kier molecular flexibility index (Phi) is 5.43. The molecule has 0 bridgehead atoms. The molecule has 0 unspecified atom stereocenters. The topological polar surface area (TPSA) is 67.8 Å². The molecule has 2 aromatic carbocycles. The molecule has 0 aliphatic heterocycles. The van der Waals surface area contributed by atoms with Crippen molar-refractivity contribution in [3.63, 3.8) is 0 Å². The van der Waals surface area contributed by atoms with E-state index >= 15 is 0 Å². The largest absolute Gasteiger partial charge is 0.423 e. The second kappa shape index (κ2) is 7.51. The zero-order valence-corrected chi connectivity index (χ0v) is 13.3. The smallest absolute Gasteiger partial charge is 0.343 e. The van der Waals surface area contributed by atoms with Gasteiger partial charge in [-0.15, -0.1) is 0 Å². The van der Waals surface area contributed by atoms with Crippen LogP contribution in [0.3, 0.4) is 0 Å². The second-order valence-electron chi connectivity index (χ2n) is 4.40. The molecule has 0 spiro atoms. The number of carbonyl (C=O) groups excluding carboxylic acids is 2. The fourth-order valence-electron chi connectivity index (χ4n) is 1.60. The van der Waals surface area contributed by atoms with Crippen LogP contribution in [0.15, 0.2) is 58.1 Å². The number of esters is 1. The minimum absolute atomic E-state index is 0.240. The first kappa shape index (κ1) is 15.9. The first-order valence-corrected chi connectivity index (χ1v) is 7.21. The average molecular weight is 361 g/mol. The number of hydrogen-bond donors (Lipinski definition) is 1. The van der Waals surface area contributed by atoms with E-state index in [9.17, 15) is 9.59 Å². The van der Waals surface area contributed by atoms with Crippen molar-refractivity contribution >= 4 is 34.0 Å². The molecule has 0 aliphatic carbocycles. The van der Waals surface area contributed by atoms with E-state index in [1.165, 1.54) is 13.1 Å². The third kappa shape index (κ3) is 4.82. The van der Waals surface area contributed by atoms with E-state index in [0.717, 1.165) is 10.0 Å². The van der Waals surface area contributed by atoms with Crippen LogP contribution >= 0.6 is 15.9 Å². The van der Waals surface area contributed by atoms with E-state index in [2.05, 4.69) is 26.5 Å². The Morgan fingerprint density at radius 1 is 1.18 bits per heavy atom. The summed E-state index contributed by atoms with van der Waals surface area (Å²) in [5.74, 6) is -0.238. The normalized spacial score (nSPS) is 10.5. The highest BCUT2D eigenvalue weighted by atomic mass is 79.9. The predicted molar refractivity (Wildman–Crippen MR) is 87.0 cm³/mol. The number of halogens is 1. The van der Waals surface area contributed by atoms with Crippen molar-refractivity contribution in [2.24, 2.45) is 5.10 Å². The van der Waals surface area contributed by atoms with Gasteiger partial charge in [0.15, 0.2) is 0 Å². The van der Waals surface area contributed by atoms with Gasteiger partial charge in [0, 0.05) is 11.4 Å². The van der Waals surface area contributed by atoms with Gasteiger partial charge in [0.1, 0.15) is 5.75 Å². The molecule has 0 fully saturated rings. The van der Waals surface area contributed by atoms with Gasteiger partial charge >= 0.3 is 5.97 Å². The molecule has 0 saturated heterocycles. The van der Waals surface area contributed by atoms with Gasteiger partial charge in [-0.25, -0.2) is 10.2 Å². The van der Waals surface area contributed by atoms with Crippen LogP contribution in [0.2, 0.25) is 0 Å². The van der Waals surface area contributed by atoms with Crippen molar-refractivity contribution < 1.29 is 14.3 Å². The number of hydrogen-bond acceptors (Lipinski definition) is 4. The highest BCUT2D eigenvalue weighted by Crippen LogP contribution is 2.16. The van der Waals surface area contributed by atoms with Gasteiger partial charge in [-0.05, 0) is 48.0 Å². The summed E-state index contributed by atoms with van der Waals surface area (Å²) in [6.07, 6.45) is 1.50. The molecule has 2 aromatic rings. The van der Waals surface area contributed by atoms with Crippen molar-refractivity contribution in [2.75, 3.05) is 0 Å². The van der Waals surface area contributed by atoms with Gasteiger partial charge < -0.3 is 4.74 Å². The number of hydrazone groups is 1. The summed E-state index contributed by atoms with van der Waals surface area (Å²) in [6, 6.07) is 13.8. The molecule has 5 nitrogen and oxygen atoms in total. The first-order valence-electron chi connectivity index (χ1n) is 6.42. The molecular weight excluding hydrogens is 348 g/mol. The van der Waals surface area contributed by atoms with Crippen LogP contribution in [0.1, 0.15) is 22.8 Å². The number of nitrogens with one attached hydrogen (secondary N) is 1. The lowest BCUT2D eigenvalue weighted by Crippen LogP contribution is -2.12. The molecule has 1 amide bonds. The lowest BCUT2D eigenvalue weighted by Gasteiger charge is -2.05. The minimum atomic E-state index is -0.430. The zero-order chi connectivity index (χ0) is 15.9. The van der Waals surface area contributed by atoms with Gasteiger partial charge in [0.05, 0.1) is 11.8 Å². The summed E-state index contributed by atoms with van der Waals surface area (Å²) in [5, 5.41) is 3.75. The van der Waals surface area contributed by atoms with E-state index in [-0.39, 0.29) is 5.91 Å². The first-order chi connectivity index (χ1) is 10.5. The summed E-state index contributed by atoms with van der Waals surface area (Å²) in [4.78, 5) is 22.7. The zero-order valence-electron chi connectivity index (χ0n) is 11.7.